The van der Waals surface area contributed by atoms with Crippen LogP contribution in [-0.4, -0.2) is 66.4 Å². The zero-order chi connectivity index (χ0) is 18.5. The number of likely N-dealkylation sites (N-methyl/N-ethyl adjacent to an activating group) is 1. The van der Waals surface area contributed by atoms with Gasteiger partial charge in [0.15, 0.2) is 5.13 Å². The Bertz CT molecular complexity index is 783. The summed E-state index contributed by atoms with van der Waals surface area (Å²) in [6, 6.07) is 7.59. The maximum Gasteiger partial charge on any atom is 0.267 e. The summed E-state index contributed by atoms with van der Waals surface area (Å²) in [5, 5.41) is 6.10. The molecular formula is C18H23N5O2S. The molecule has 0 atom stereocenters. The van der Waals surface area contributed by atoms with Gasteiger partial charge in [-0.1, -0.05) is 29.5 Å². The maximum atomic E-state index is 12.3. The normalized spacial score (nSPS) is 15.6. The Labute approximate surface area is 157 Å². The first kappa shape index (κ1) is 18.5. The van der Waals surface area contributed by atoms with Crippen LogP contribution in [0.5, 0.6) is 0 Å². The molecule has 1 aromatic carbocycles. The summed E-state index contributed by atoms with van der Waals surface area (Å²) in [7, 11) is 2.08. The number of aryl methyl sites for hydroxylation is 1. The van der Waals surface area contributed by atoms with Crippen molar-refractivity contribution in [2.45, 2.75) is 6.92 Å². The average Bonchev–Trinajstić information content (AvgIpc) is 3.07. The minimum atomic E-state index is -0.226. The molecule has 2 N–H and O–H groups in total. The molecule has 26 heavy (non-hydrogen) atoms. The second-order valence-corrected chi connectivity index (χ2v) is 7.46. The van der Waals surface area contributed by atoms with E-state index in [-0.39, 0.29) is 11.8 Å². The van der Waals surface area contributed by atoms with Crippen LogP contribution in [0.4, 0.5) is 10.8 Å². The summed E-state index contributed by atoms with van der Waals surface area (Å²) in [6.07, 6.45) is 1.49. The van der Waals surface area contributed by atoms with Gasteiger partial charge in [0.05, 0.1) is 12.7 Å². The van der Waals surface area contributed by atoms with Crippen molar-refractivity contribution < 1.29 is 9.59 Å². The van der Waals surface area contributed by atoms with E-state index in [2.05, 4.69) is 32.5 Å². The lowest BCUT2D eigenvalue weighted by molar-refractivity contribution is -0.117. The van der Waals surface area contributed by atoms with Crippen LogP contribution in [0.15, 0.2) is 30.5 Å². The number of amides is 2. The molecule has 0 unspecified atom stereocenters. The van der Waals surface area contributed by atoms with E-state index in [0.29, 0.717) is 16.6 Å². The third-order valence-corrected chi connectivity index (χ3v) is 5.24. The van der Waals surface area contributed by atoms with Crippen molar-refractivity contribution in [1.29, 1.82) is 0 Å². The van der Waals surface area contributed by atoms with Gasteiger partial charge in [-0.25, -0.2) is 4.98 Å². The molecule has 0 saturated carbocycles. The second-order valence-electron chi connectivity index (χ2n) is 6.43. The maximum absolute atomic E-state index is 12.3. The molecule has 0 radical (unpaired) electrons. The van der Waals surface area contributed by atoms with Gasteiger partial charge in [-0.15, -0.1) is 0 Å². The SMILES string of the molecule is Cc1ccccc1NC(=O)c1cnc(NC(=O)CN2CCN(C)CC2)s1. The van der Waals surface area contributed by atoms with Crippen molar-refractivity contribution in [2.24, 2.45) is 0 Å². The van der Waals surface area contributed by atoms with Crippen molar-refractivity contribution in [3.8, 4) is 0 Å². The first-order chi connectivity index (χ1) is 12.5. The number of carbonyl (C=O) groups excluding carboxylic acids is 2. The van der Waals surface area contributed by atoms with E-state index in [1.165, 1.54) is 17.5 Å². The van der Waals surface area contributed by atoms with Gasteiger partial charge in [0, 0.05) is 31.9 Å². The molecule has 1 aliphatic rings. The monoisotopic (exact) mass is 373 g/mol. The summed E-state index contributed by atoms with van der Waals surface area (Å²) in [5.41, 5.74) is 1.76. The van der Waals surface area contributed by atoms with E-state index in [1.807, 2.05) is 31.2 Å². The number of anilines is 2. The molecular weight excluding hydrogens is 350 g/mol. The van der Waals surface area contributed by atoms with E-state index in [4.69, 9.17) is 0 Å². The lowest BCUT2D eigenvalue weighted by atomic mass is 10.2. The van der Waals surface area contributed by atoms with E-state index >= 15 is 0 Å². The fourth-order valence-corrected chi connectivity index (χ4v) is 3.43. The number of thiazole rings is 1. The highest BCUT2D eigenvalue weighted by molar-refractivity contribution is 7.17. The highest BCUT2D eigenvalue weighted by atomic mass is 32.1. The van der Waals surface area contributed by atoms with Crippen LogP contribution in [0.2, 0.25) is 0 Å². The predicted octanol–water partition coefficient (Wildman–Crippen LogP) is 1.89. The summed E-state index contributed by atoms with van der Waals surface area (Å²) in [5.74, 6) is -0.328. The smallest absolute Gasteiger partial charge is 0.267 e. The minimum absolute atomic E-state index is 0.102. The van der Waals surface area contributed by atoms with Crippen LogP contribution < -0.4 is 10.6 Å². The lowest BCUT2D eigenvalue weighted by Crippen LogP contribution is -2.47. The average molecular weight is 373 g/mol. The first-order valence-electron chi connectivity index (χ1n) is 8.55. The molecule has 2 aromatic rings. The zero-order valence-corrected chi connectivity index (χ0v) is 15.8. The van der Waals surface area contributed by atoms with Gasteiger partial charge in [0.2, 0.25) is 5.91 Å². The van der Waals surface area contributed by atoms with Crippen LogP contribution in [0, 0.1) is 6.92 Å². The molecule has 1 aliphatic heterocycles. The first-order valence-corrected chi connectivity index (χ1v) is 9.36. The molecule has 138 valence electrons. The van der Waals surface area contributed by atoms with Crippen molar-refractivity contribution in [2.75, 3.05) is 50.4 Å². The Morgan fingerprint density at radius 3 is 2.62 bits per heavy atom. The largest absolute Gasteiger partial charge is 0.321 e. The molecule has 8 heteroatoms. The fourth-order valence-electron chi connectivity index (χ4n) is 2.70. The Hall–Kier alpha value is -2.29. The van der Waals surface area contributed by atoms with Gasteiger partial charge >= 0.3 is 0 Å². The Morgan fingerprint density at radius 2 is 1.88 bits per heavy atom. The summed E-state index contributed by atoms with van der Waals surface area (Å²) < 4.78 is 0. The summed E-state index contributed by atoms with van der Waals surface area (Å²) in [4.78, 5) is 33.5. The topological polar surface area (TPSA) is 77.6 Å². The number of aromatic nitrogens is 1. The Kier molecular flexibility index (Phi) is 5.97. The standard InChI is InChI=1S/C18H23N5O2S/c1-13-5-3-4-6-14(13)20-17(25)15-11-19-18(26-15)21-16(24)12-23-9-7-22(2)8-10-23/h3-6,11H,7-10,12H2,1-2H3,(H,20,25)(H,19,21,24). The number of para-hydroxylation sites is 1. The van der Waals surface area contributed by atoms with Crippen molar-refractivity contribution in [3.63, 3.8) is 0 Å². The molecule has 7 nitrogen and oxygen atoms in total. The highest BCUT2D eigenvalue weighted by Gasteiger charge is 2.18. The molecule has 0 bridgehead atoms. The van der Waals surface area contributed by atoms with Crippen LogP contribution in [0.1, 0.15) is 15.2 Å². The number of hydrogen-bond acceptors (Lipinski definition) is 6. The summed E-state index contributed by atoms with van der Waals surface area (Å²) >= 11 is 1.17. The van der Waals surface area contributed by atoms with Crippen molar-refractivity contribution in [3.05, 3.63) is 40.9 Å². The number of piperazine rings is 1. The Balaban J connectivity index is 1.53. The van der Waals surface area contributed by atoms with E-state index in [1.54, 1.807) is 0 Å². The number of hydrogen-bond donors (Lipinski definition) is 2. The number of nitrogens with one attached hydrogen (secondary N) is 2. The zero-order valence-electron chi connectivity index (χ0n) is 15.0. The van der Waals surface area contributed by atoms with Crippen LogP contribution in [0.25, 0.3) is 0 Å². The lowest BCUT2D eigenvalue weighted by Gasteiger charge is -2.31. The quantitative estimate of drug-likeness (QED) is 0.837. The highest BCUT2D eigenvalue weighted by Crippen LogP contribution is 2.21. The van der Waals surface area contributed by atoms with Crippen LogP contribution in [-0.2, 0) is 4.79 Å². The molecule has 1 aromatic heterocycles. The van der Waals surface area contributed by atoms with Gasteiger partial charge in [0.1, 0.15) is 4.88 Å². The van der Waals surface area contributed by atoms with Gasteiger partial charge in [-0.3, -0.25) is 14.5 Å². The number of rotatable bonds is 5. The molecule has 0 spiro atoms. The predicted molar refractivity (Wildman–Crippen MR) is 104 cm³/mol. The Morgan fingerprint density at radius 1 is 1.15 bits per heavy atom. The molecule has 2 heterocycles. The third kappa shape index (κ3) is 4.87. The van der Waals surface area contributed by atoms with Crippen LogP contribution >= 0.6 is 11.3 Å². The van der Waals surface area contributed by atoms with E-state index in [9.17, 15) is 9.59 Å². The van der Waals surface area contributed by atoms with E-state index in [0.717, 1.165) is 37.4 Å². The second kappa shape index (κ2) is 8.39. The number of carbonyl (C=O) groups is 2. The van der Waals surface area contributed by atoms with Gasteiger partial charge in [-0.2, -0.15) is 0 Å². The molecule has 1 saturated heterocycles. The van der Waals surface area contributed by atoms with Gasteiger partial charge in [-0.05, 0) is 25.6 Å². The fraction of sp³-hybridized carbons (Fsp3) is 0.389. The molecule has 2 amide bonds. The number of benzene rings is 1. The van der Waals surface area contributed by atoms with Crippen molar-refractivity contribution >= 4 is 34.0 Å². The molecule has 0 aliphatic carbocycles. The van der Waals surface area contributed by atoms with Crippen LogP contribution in [0.3, 0.4) is 0 Å². The minimum Gasteiger partial charge on any atom is -0.321 e. The molecule has 1 fully saturated rings. The van der Waals surface area contributed by atoms with Gasteiger partial charge in [0.25, 0.3) is 5.91 Å². The number of nitrogens with zero attached hydrogens (tertiary/aromatic N) is 3. The van der Waals surface area contributed by atoms with Crippen molar-refractivity contribution in [1.82, 2.24) is 14.8 Å². The summed E-state index contributed by atoms with van der Waals surface area (Å²) in [6.45, 7) is 5.98. The molecule has 3 rings (SSSR count). The van der Waals surface area contributed by atoms with Gasteiger partial charge < -0.3 is 15.5 Å². The van der Waals surface area contributed by atoms with E-state index < -0.39 is 0 Å². The third-order valence-electron chi connectivity index (χ3n) is 4.33.